The number of hydrogen-bond acceptors (Lipinski definition) is 2. The summed E-state index contributed by atoms with van der Waals surface area (Å²) in [6, 6.07) is 8.25. The van der Waals surface area contributed by atoms with Gasteiger partial charge < -0.3 is 5.11 Å². The fourth-order valence-electron chi connectivity index (χ4n) is 2.58. The molecule has 3 rings (SSSR count). The predicted molar refractivity (Wildman–Crippen MR) is 65.6 cm³/mol. The average molecular weight is 228 g/mol. The van der Waals surface area contributed by atoms with Crippen LogP contribution in [0, 0.1) is 0 Å². The molecule has 0 atom stereocenters. The molecule has 1 aromatic carbocycles. The van der Waals surface area contributed by atoms with Gasteiger partial charge in [-0.25, -0.2) is 0 Å². The smallest absolute Gasteiger partial charge is 0.101 e. The number of aliphatic hydroxyl groups is 1. The Kier molecular flexibility index (Phi) is 2.30. The van der Waals surface area contributed by atoms with Crippen LogP contribution in [0.1, 0.15) is 23.6 Å². The van der Waals surface area contributed by atoms with Gasteiger partial charge in [0.25, 0.3) is 0 Å². The van der Waals surface area contributed by atoms with E-state index in [9.17, 15) is 5.11 Å². The molecule has 0 unspecified atom stereocenters. The van der Waals surface area contributed by atoms with Gasteiger partial charge in [-0.15, -0.1) is 0 Å². The van der Waals surface area contributed by atoms with Crippen LogP contribution in [0.4, 0.5) is 0 Å². The monoisotopic (exact) mass is 228 g/mol. The van der Waals surface area contributed by atoms with Crippen LogP contribution < -0.4 is 0 Å². The minimum atomic E-state index is -0.767. The molecule has 17 heavy (non-hydrogen) atoms. The summed E-state index contributed by atoms with van der Waals surface area (Å²) in [4.78, 5) is 0. The van der Waals surface area contributed by atoms with Crippen molar-refractivity contribution in [3.8, 4) is 0 Å². The van der Waals surface area contributed by atoms with Gasteiger partial charge >= 0.3 is 0 Å². The normalized spacial score (nSPS) is 17.1. The molecular formula is C14H16N2O. The Morgan fingerprint density at radius 2 is 1.94 bits per heavy atom. The van der Waals surface area contributed by atoms with Gasteiger partial charge in [-0.3, -0.25) is 4.68 Å². The van der Waals surface area contributed by atoms with Gasteiger partial charge in [-0.2, -0.15) is 5.10 Å². The van der Waals surface area contributed by atoms with Crippen LogP contribution in [0.25, 0.3) is 0 Å². The summed E-state index contributed by atoms with van der Waals surface area (Å²) in [5.41, 5.74) is 2.66. The molecular weight excluding hydrogens is 212 g/mol. The zero-order valence-electron chi connectivity index (χ0n) is 9.93. The first kappa shape index (κ1) is 10.5. The first-order valence-electron chi connectivity index (χ1n) is 6.03. The van der Waals surface area contributed by atoms with Crippen LogP contribution in [-0.2, 0) is 25.0 Å². The van der Waals surface area contributed by atoms with Crippen molar-refractivity contribution in [3.05, 3.63) is 53.3 Å². The minimum absolute atomic E-state index is 0.693. The highest BCUT2D eigenvalue weighted by molar-refractivity contribution is 5.38. The van der Waals surface area contributed by atoms with Crippen molar-refractivity contribution in [1.29, 1.82) is 0 Å². The summed E-state index contributed by atoms with van der Waals surface area (Å²) in [5.74, 6) is 0. The second-order valence-electron chi connectivity index (χ2n) is 4.74. The van der Waals surface area contributed by atoms with Crippen LogP contribution in [0.15, 0.2) is 36.7 Å². The molecule has 2 aromatic rings. The maximum absolute atomic E-state index is 10.7. The molecule has 0 radical (unpaired) electrons. The summed E-state index contributed by atoms with van der Waals surface area (Å²) >= 11 is 0. The van der Waals surface area contributed by atoms with Crippen molar-refractivity contribution in [2.75, 3.05) is 0 Å². The van der Waals surface area contributed by atoms with Gasteiger partial charge in [0.2, 0.25) is 0 Å². The lowest BCUT2D eigenvalue weighted by atomic mass is 9.94. The van der Waals surface area contributed by atoms with Crippen molar-refractivity contribution in [1.82, 2.24) is 9.78 Å². The number of fused-ring (bicyclic) bond motifs is 1. The van der Waals surface area contributed by atoms with E-state index in [-0.39, 0.29) is 0 Å². The lowest BCUT2D eigenvalue weighted by Crippen LogP contribution is -2.25. The van der Waals surface area contributed by atoms with Gasteiger partial charge in [0.1, 0.15) is 5.60 Å². The molecule has 3 heteroatoms. The van der Waals surface area contributed by atoms with Crippen LogP contribution in [0.5, 0.6) is 0 Å². The van der Waals surface area contributed by atoms with Crippen LogP contribution in [0.3, 0.4) is 0 Å². The molecule has 1 aliphatic rings. The molecule has 0 amide bonds. The van der Waals surface area contributed by atoms with E-state index in [1.165, 1.54) is 11.1 Å². The molecule has 3 nitrogen and oxygen atoms in total. The number of hydrogen-bond donors (Lipinski definition) is 1. The van der Waals surface area contributed by atoms with Crippen molar-refractivity contribution < 1.29 is 5.11 Å². The lowest BCUT2D eigenvalue weighted by Gasteiger charge is -2.20. The van der Waals surface area contributed by atoms with Gasteiger partial charge in [0, 0.05) is 31.1 Å². The second-order valence-corrected chi connectivity index (χ2v) is 4.74. The molecule has 1 N–H and O–H groups in total. The minimum Gasteiger partial charge on any atom is -0.384 e. The zero-order valence-corrected chi connectivity index (χ0v) is 9.93. The Labute approximate surface area is 101 Å². The standard InChI is InChI=1S/C14H16N2O/c1-2-16-10-13(9-15-16)14(17)7-11-5-3-4-6-12(11)8-14/h3-6,9-10,17H,2,7-8H2,1H3. The first-order chi connectivity index (χ1) is 8.21. The fourth-order valence-corrected chi connectivity index (χ4v) is 2.58. The Hall–Kier alpha value is -1.61. The Balaban J connectivity index is 1.95. The third-order valence-electron chi connectivity index (χ3n) is 3.58. The quantitative estimate of drug-likeness (QED) is 0.852. The maximum atomic E-state index is 10.7. The Morgan fingerprint density at radius 3 is 2.47 bits per heavy atom. The second kappa shape index (κ2) is 3.70. The molecule has 0 spiro atoms. The number of benzene rings is 1. The average Bonchev–Trinajstić information content (AvgIpc) is 2.92. The molecule has 0 aliphatic heterocycles. The first-order valence-corrected chi connectivity index (χ1v) is 6.03. The highest BCUT2D eigenvalue weighted by Crippen LogP contribution is 2.37. The van der Waals surface area contributed by atoms with Crippen molar-refractivity contribution >= 4 is 0 Å². The lowest BCUT2D eigenvalue weighted by molar-refractivity contribution is 0.0481. The maximum Gasteiger partial charge on any atom is 0.101 e. The number of aromatic nitrogens is 2. The number of aryl methyl sites for hydroxylation is 1. The van der Waals surface area contributed by atoms with E-state index in [1.54, 1.807) is 6.20 Å². The molecule has 1 aromatic heterocycles. The summed E-state index contributed by atoms with van der Waals surface area (Å²) < 4.78 is 1.86. The van der Waals surface area contributed by atoms with Crippen LogP contribution in [0.2, 0.25) is 0 Å². The van der Waals surface area contributed by atoms with Crippen LogP contribution in [-0.4, -0.2) is 14.9 Å². The summed E-state index contributed by atoms with van der Waals surface area (Å²) in [7, 11) is 0. The number of nitrogens with zero attached hydrogens (tertiary/aromatic N) is 2. The third-order valence-corrected chi connectivity index (χ3v) is 3.58. The third kappa shape index (κ3) is 1.67. The highest BCUT2D eigenvalue weighted by atomic mass is 16.3. The van der Waals surface area contributed by atoms with E-state index in [0.29, 0.717) is 12.8 Å². The van der Waals surface area contributed by atoms with Gasteiger partial charge in [0.05, 0.1) is 6.20 Å². The predicted octanol–water partition coefficient (Wildman–Crippen LogP) is 1.89. The van der Waals surface area contributed by atoms with E-state index in [2.05, 4.69) is 17.2 Å². The Morgan fingerprint density at radius 1 is 1.29 bits per heavy atom. The summed E-state index contributed by atoms with van der Waals surface area (Å²) in [6.45, 7) is 2.88. The molecule has 1 aliphatic carbocycles. The van der Waals surface area contributed by atoms with Crippen molar-refractivity contribution in [3.63, 3.8) is 0 Å². The van der Waals surface area contributed by atoms with Crippen molar-refractivity contribution in [2.45, 2.75) is 31.9 Å². The zero-order chi connectivity index (χ0) is 11.9. The van der Waals surface area contributed by atoms with Crippen molar-refractivity contribution in [2.24, 2.45) is 0 Å². The molecule has 1 heterocycles. The van der Waals surface area contributed by atoms with E-state index >= 15 is 0 Å². The molecule has 88 valence electrons. The molecule has 0 saturated heterocycles. The largest absolute Gasteiger partial charge is 0.384 e. The van der Waals surface area contributed by atoms with Gasteiger partial charge in [0.15, 0.2) is 0 Å². The highest BCUT2D eigenvalue weighted by Gasteiger charge is 2.37. The fraction of sp³-hybridized carbons (Fsp3) is 0.357. The van der Waals surface area contributed by atoms with E-state index < -0.39 is 5.60 Å². The van der Waals surface area contributed by atoms with E-state index in [0.717, 1.165) is 12.1 Å². The molecule has 0 fully saturated rings. The SMILES string of the molecule is CCn1cc(C2(O)Cc3ccccc3C2)cn1. The summed E-state index contributed by atoms with van der Waals surface area (Å²) in [5, 5.41) is 15.0. The molecule has 0 bridgehead atoms. The number of rotatable bonds is 2. The van der Waals surface area contributed by atoms with E-state index in [1.807, 2.05) is 29.9 Å². The summed E-state index contributed by atoms with van der Waals surface area (Å²) in [6.07, 6.45) is 5.12. The Bertz CT molecular complexity index is 520. The van der Waals surface area contributed by atoms with E-state index in [4.69, 9.17) is 0 Å². The van der Waals surface area contributed by atoms with Crippen LogP contribution >= 0.6 is 0 Å². The topological polar surface area (TPSA) is 38.0 Å². The molecule has 0 saturated carbocycles. The van der Waals surface area contributed by atoms with Gasteiger partial charge in [-0.1, -0.05) is 24.3 Å². The van der Waals surface area contributed by atoms with Gasteiger partial charge in [-0.05, 0) is 18.1 Å².